The summed E-state index contributed by atoms with van der Waals surface area (Å²) in [6, 6.07) is 6.59. The molecule has 35 heavy (non-hydrogen) atoms. The van der Waals surface area contributed by atoms with Gasteiger partial charge in [0, 0.05) is 35.8 Å². The van der Waals surface area contributed by atoms with E-state index in [2.05, 4.69) is 45.9 Å². The van der Waals surface area contributed by atoms with Crippen molar-refractivity contribution in [1.82, 2.24) is 29.5 Å². The molecule has 4 aromatic rings. The third-order valence-corrected chi connectivity index (χ3v) is 7.26. The van der Waals surface area contributed by atoms with E-state index in [9.17, 15) is 9.90 Å². The molecule has 1 aliphatic carbocycles. The van der Waals surface area contributed by atoms with Crippen molar-refractivity contribution in [3.8, 4) is 16.5 Å². The highest BCUT2D eigenvalue weighted by Gasteiger charge is 2.23. The van der Waals surface area contributed by atoms with Crippen LogP contribution in [0.3, 0.4) is 0 Å². The number of H-pyrrole nitrogens is 2. The van der Waals surface area contributed by atoms with Crippen LogP contribution in [0.1, 0.15) is 37.3 Å². The van der Waals surface area contributed by atoms with Gasteiger partial charge in [0.25, 0.3) is 0 Å². The average molecular weight is 494 g/mol. The van der Waals surface area contributed by atoms with Crippen molar-refractivity contribution in [3.63, 3.8) is 0 Å². The van der Waals surface area contributed by atoms with E-state index in [4.69, 9.17) is 14.7 Å². The van der Waals surface area contributed by atoms with Gasteiger partial charge in [-0.2, -0.15) is 9.61 Å². The first kappa shape index (κ1) is 22.2. The molecule has 6 rings (SSSR count). The van der Waals surface area contributed by atoms with Crippen molar-refractivity contribution in [3.05, 3.63) is 56.2 Å². The molecular weight excluding hydrogens is 466 g/mol. The van der Waals surface area contributed by atoms with E-state index < -0.39 is 5.69 Å². The highest BCUT2D eigenvalue weighted by atomic mass is 32.1. The number of imidazole rings is 1. The molecule has 2 unspecified atom stereocenters. The molecule has 2 aliphatic rings. The third kappa shape index (κ3) is 4.66. The Balaban J connectivity index is 1.40. The number of aromatic amines is 2. The highest BCUT2D eigenvalue weighted by Crippen LogP contribution is 2.28. The lowest BCUT2D eigenvalue weighted by Gasteiger charge is -2.34. The number of morpholine rings is 1. The topological polar surface area (TPSA) is 124 Å². The largest absolute Gasteiger partial charge is 0.493 e. The molecule has 182 valence electrons. The second-order valence-corrected chi connectivity index (χ2v) is 10.6. The Kier molecular flexibility index (Phi) is 5.54. The molecular formula is C24H27N7O3S. The summed E-state index contributed by atoms with van der Waals surface area (Å²) in [4.78, 5) is 31.0. The lowest BCUT2D eigenvalue weighted by atomic mass is 10.2. The maximum Gasteiger partial charge on any atom is 0.326 e. The summed E-state index contributed by atoms with van der Waals surface area (Å²) in [7, 11) is 0. The number of aromatic hydroxyl groups is 1. The van der Waals surface area contributed by atoms with Gasteiger partial charge in [0.05, 0.1) is 35.0 Å². The van der Waals surface area contributed by atoms with Crippen LogP contribution in [0.2, 0.25) is 0 Å². The molecule has 11 heteroatoms. The zero-order valence-electron chi connectivity index (χ0n) is 19.6. The molecule has 1 aliphatic heterocycles. The van der Waals surface area contributed by atoms with Gasteiger partial charge in [-0.25, -0.2) is 9.78 Å². The normalized spacial score (nSPS) is 22.5. The zero-order valence-corrected chi connectivity index (χ0v) is 20.4. The fraction of sp³-hybridized carbons (Fsp3) is 0.417. The summed E-state index contributed by atoms with van der Waals surface area (Å²) >= 11 is 1.73. The van der Waals surface area contributed by atoms with E-state index in [0.29, 0.717) is 16.9 Å². The van der Waals surface area contributed by atoms with Crippen LogP contribution in [0.15, 0.2) is 34.2 Å². The predicted octanol–water partition coefficient (Wildman–Crippen LogP) is 1.40. The van der Waals surface area contributed by atoms with E-state index in [1.807, 2.05) is 6.07 Å². The van der Waals surface area contributed by atoms with Gasteiger partial charge >= 0.3 is 5.69 Å². The molecule has 0 bridgehead atoms. The summed E-state index contributed by atoms with van der Waals surface area (Å²) in [6.07, 6.45) is 5.96. The summed E-state index contributed by atoms with van der Waals surface area (Å²) in [5.74, 6) is -0.219. The molecule has 2 atom stereocenters. The Morgan fingerprint density at radius 2 is 2.06 bits per heavy atom. The van der Waals surface area contributed by atoms with Crippen LogP contribution < -0.4 is 16.4 Å². The number of hydrogen-bond donors (Lipinski definition) is 3. The van der Waals surface area contributed by atoms with Crippen LogP contribution in [-0.4, -0.2) is 65.9 Å². The lowest BCUT2D eigenvalue weighted by Crippen LogP contribution is -2.44. The summed E-state index contributed by atoms with van der Waals surface area (Å²) in [5.41, 5.74) is 2.02. The number of hydrogen-bond acceptors (Lipinski definition) is 8. The second-order valence-electron chi connectivity index (χ2n) is 9.40. The SMILES string of the molecule is CC1CN(Cc2ccc(-c3cc(=NC4CC4)n4nc/c(=C\c5[nH]c(=O)[nH]c5O)c4n3)s2)CC(C)O1. The van der Waals surface area contributed by atoms with Crippen molar-refractivity contribution in [2.75, 3.05) is 13.1 Å². The minimum absolute atomic E-state index is 0.219. The lowest BCUT2D eigenvalue weighted by molar-refractivity contribution is -0.0702. The van der Waals surface area contributed by atoms with Gasteiger partial charge in [-0.15, -0.1) is 11.3 Å². The second kappa shape index (κ2) is 8.74. The van der Waals surface area contributed by atoms with E-state index in [1.165, 1.54) is 4.88 Å². The summed E-state index contributed by atoms with van der Waals surface area (Å²) in [6.45, 7) is 6.98. The van der Waals surface area contributed by atoms with Gasteiger partial charge < -0.3 is 14.8 Å². The minimum atomic E-state index is -0.474. The van der Waals surface area contributed by atoms with Crippen LogP contribution in [0.25, 0.3) is 22.3 Å². The zero-order chi connectivity index (χ0) is 24.1. The number of fused-ring (bicyclic) bond motifs is 1. The Hall–Kier alpha value is -3.28. The first-order valence-corrected chi connectivity index (χ1v) is 12.7. The fourth-order valence-corrected chi connectivity index (χ4v) is 5.57. The van der Waals surface area contributed by atoms with Crippen molar-refractivity contribution >= 4 is 23.1 Å². The monoisotopic (exact) mass is 493 g/mol. The van der Waals surface area contributed by atoms with Crippen molar-refractivity contribution in [1.29, 1.82) is 0 Å². The Labute approximate surface area is 204 Å². The van der Waals surface area contributed by atoms with E-state index in [-0.39, 0.29) is 23.8 Å². The Morgan fingerprint density at radius 1 is 1.26 bits per heavy atom. The van der Waals surface area contributed by atoms with Crippen LogP contribution >= 0.6 is 11.3 Å². The Morgan fingerprint density at radius 3 is 2.77 bits per heavy atom. The Bertz CT molecular complexity index is 1550. The number of aromatic nitrogens is 5. The van der Waals surface area contributed by atoms with Crippen molar-refractivity contribution in [2.45, 2.75) is 51.5 Å². The molecule has 1 saturated heterocycles. The van der Waals surface area contributed by atoms with Gasteiger partial charge in [0.2, 0.25) is 5.88 Å². The van der Waals surface area contributed by atoms with Crippen molar-refractivity contribution < 1.29 is 9.84 Å². The molecule has 2 fully saturated rings. The van der Waals surface area contributed by atoms with Gasteiger partial charge in [-0.3, -0.25) is 14.9 Å². The number of rotatable bonds is 5. The molecule has 0 radical (unpaired) electrons. The number of nitrogens with zero attached hydrogens (tertiary/aromatic N) is 5. The van der Waals surface area contributed by atoms with E-state index >= 15 is 0 Å². The number of ether oxygens (including phenoxy) is 1. The summed E-state index contributed by atoms with van der Waals surface area (Å²) in [5, 5.41) is 15.2. The van der Waals surface area contributed by atoms with Crippen LogP contribution in [0.5, 0.6) is 5.88 Å². The van der Waals surface area contributed by atoms with Gasteiger partial charge in [0.1, 0.15) is 5.69 Å². The van der Waals surface area contributed by atoms with E-state index in [1.54, 1.807) is 28.1 Å². The van der Waals surface area contributed by atoms with Crippen LogP contribution in [-0.2, 0) is 11.3 Å². The minimum Gasteiger partial charge on any atom is -0.493 e. The maximum absolute atomic E-state index is 11.6. The molecule has 10 nitrogen and oxygen atoms in total. The molecule has 0 aromatic carbocycles. The van der Waals surface area contributed by atoms with E-state index in [0.717, 1.165) is 48.5 Å². The van der Waals surface area contributed by atoms with Crippen molar-refractivity contribution in [2.24, 2.45) is 4.99 Å². The third-order valence-electron chi connectivity index (χ3n) is 6.17. The smallest absolute Gasteiger partial charge is 0.326 e. The molecule has 0 amide bonds. The number of thiophene rings is 1. The molecule has 1 saturated carbocycles. The van der Waals surface area contributed by atoms with Gasteiger partial charge in [0.15, 0.2) is 11.1 Å². The maximum atomic E-state index is 11.6. The quantitative estimate of drug-likeness (QED) is 0.386. The van der Waals surface area contributed by atoms with Gasteiger partial charge in [-0.05, 0) is 44.9 Å². The van der Waals surface area contributed by atoms with Crippen LogP contribution in [0, 0.1) is 0 Å². The van der Waals surface area contributed by atoms with Gasteiger partial charge in [-0.1, -0.05) is 0 Å². The first-order valence-electron chi connectivity index (χ1n) is 11.8. The molecule has 4 aromatic heterocycles. The molecule has 5 heterocycles. The molecule has 3 N–H and O–H groups in total. The first-order chi connectivity index (χ1) is 16.9. The number of nitrogens with one attached hydrogen (secondary N) is 2. The standard InChI is InChI=1S/C24H27N7O3S/c1-13-10-30(11-14(2)34-13)12-17-5-6-20(35-17)18-8-21(26-16-3-4-16)31-22(27-18)15(9-25-31)7-19-23(32)29-24(33)28-19/h5-9,13-14,16,32H,3-4,10-12H2,1-2H3,(H2,28,29,33)/b15-7+,26-21?. The highest BCUT2D eigenvalue weighted by molar-refractivity contribution is 7.15. The van der Waals surface area contributed by atoms with Crippen LogP contribution in [0.4, 0.5) is 0 Å². The summed E-state index contributed by atoms with van der Waals surface area (Å²) < 4.78 is 7.59. The fourth-order valence-electron chi connectivity index (χ4n) is 4.56. The average Bonchev–Trinajstić information content (AvgIpc) is 3.18. The predicted molar refractivity (Wildman–Crippen MR) is 132 cm³/mol. The molecule has 0 spiro atoms.